The zero-order valence-electron chi connectivity index (χ0n) is 15.4. The molecule has 0 aliphatic heterocycles. The van der Waals surface area contributed by atoms with Crippen LogP contribution in [0.15, 0.2) is 53.0 Å². The van der Waals surface area contributed by atoms with E-state index in [2.05, 4.69) is 26.6 Å². The molecule has 0 radical (unpaired) electrons. The van der Waals surface area contributed by atoms with E-state index in [0.29, 0.717) is 21.5 Å². The summed E-state index contributed by atoms with van der Waals surface area (Å²) < 4.78 is 28.7. The van der Waals surface area contributed by atoms with Crippen molar-refractivity contribution < 1.29 is 22.7 Å². The number of ether oxygens (including phenoxy) is 1. The van der Waals surface area contributed by atoms with Gasteiger partial charge in [0.1, 0.15) is 21.6 Å². The zero-order valence-corrected chi connectivity index (χ0v) is 17.8. The minimum absolute atomic E-state index is 0.0446. The molecule has 2 N–H and O–H groups in total. The van der Waals surface area contributed by atoms with E-state index in [1.807, 2.05) is 0 Å². The monoisotopic (exact) mass is 468 g/mol. The first-order chi connectivity index (χ1) is 13.2. The van der Waals surface area contributed by atoms with Crippen molar-refractivity contribution in [2.45, 2.75) is 12.5 Å². The van der Waals surface area contributed by atoms with E-state index in [1.54, 1.807) is 48.5 Å². The second-order valence-corrected chi connectivity index (χ2v) is 9.26. The third kappa shape index (κ3) is 6.65. The highest BCUT2D eigenvalue weighted by Crippen LogP contribution is 2.17. The first-order valence-corrected chi connectivity index (χ1v) is 11.2. The Morgan fingerprint density at radius 1 is 1.11 bits per heavy atom. The molecule has 9 heteroatoms. The molecule has 2 aromatic rings. The number of benzene rings is 2. The van der Waals surface area contributed by atoms with Gasteiger partial charge in [-0.3, -0.25) is 9.59 Å². The molecule has 150 valence electrons. The van der Waals surface area contributed by atoms with Crippen LogP contribution in [0.4, 0.5) is 5.69 Å². The Labute approximate surface area is 172 Å². The first kappa shape index (κ1) is 21.9. The fourth-order valence-corrected chi connectivity index (χ4v) is 3.51. The molecule has 7 nitrogen and oxygen atoms in total. The summed E-state index contributed by atoms with van der Waals surface area (Å²) in [5.41, 5.74) is 0.856. The molecular weight excluding hydrogens is 448 g/mol. The number of carbonyl (C=O) groups is 2. The van der Waals surface area contributed by atoms with Crippen molar-refractivity contribution >= 4 is 43.3 Å². The number of hydrogen-bond acceptors (Lipinski definition) is 5. The van der Waals surface area contributed by atoms with Crippen molar-refractivity contribution in [3.05, 3.63) is 58.6 Å². The predicted molar refractivity (Wildman–Crippen MR) is 111 cm³/mol. The average Bonchev–Trinajstić information content (AvgIpc) is 2.65. The quantitative estimate of drug-likeness (QED) is 0.619. The van der Waals surface area contributed by atoms with Gasteiger partial charge in [-0.2, -0.15) is 0 Å². The summed E-state index contributed by atoms with van der Waals surface area (Å²) in [6, 6.07) is 12.4. The molecular formula is C19H21BrN2O5S. The predicted octanol–water partition coefficient (Wildman–Crippen LogP) is 2.63. The van der Waals surface area contributed by atoms with E-state index in [-0.39, 0.29) is 12.2 Å². The number of nitrogens with one attached hydrogen (secondary N) is 2. The van der Waals surface area contributed by atoms with Crippen molar-refractivity contribution in [3.8, 4) is 5.75 Å². The summed E-state index contributed by atoms with van der Waals surface area (Å²) >= 11 is 3.29. The van der Waals surface area contributed by atoms with Gasteiger partial charge in [0.2, 0.25) is 5.91 Å². The van der Waals surface area contributed by atoms with Crippen molar-refractivity contribution in [2.75, 3.05) is 24.4 Å². The topological polar surface area (TPSA) is 102 Å². The number of sulfone groups is 1. The smallest absolute Gasteiger partial charge is 0.253 e. The molecule has 0 aromatic heterocycles. The van der Waals surface area contributed by atoms with Gasteiger partial charge in [-0.05, 0) is 58.7 Å². The molecule has 0 bridgehead atoms. The Balaban J connectivity index is 2.16. The molecule has 2 amide bonds. The zero-order chi connectivity index (χ0) is 20.7. The fourth-order valence-electron chi connectivity index (χ4n) is 2.39. The van der Waals surface area contributed by atoms with Crippen molar-refractivity contribution in [1.82, 2.24) is 5.32 Å². The van der Waals surface area contributed by atoms with Crippen molar-refractivity contribution in [3.63, 3.8) is 0 Å². The summed E-state index contributed by atoms with van der Waals surface area (Å²) in [5.74, 6) is -0.580. The third-order valence-electron chi connectivity index (χ3n) is 3.88. The van der Waals surface area contributed by atoms with Gasteiger partial charge in [-0.1, -0.05) is 12.1 Å². The fraction of sp³-hybridized carbons (Fsp3) is 0.263. The third-order valence-corrected chi connectivity index (χ3v) is 5.54. The van der Waals surface area contributed by atoms with Gasteiger partial charge < -0.3 is 15.4 Å². The molecule has 1 atom stereocenters. The van der Waals surface area contributed by atoms with E-state index in [1.165, 1.54) is 7.11 Å². The van der Waals surface area contributed by atoms with E-state index in [9.17, 15) is 18.0 Å². The lowest BCUT2D eigenvalue weighted by molar-refractivity contribution is -0.118. The lowest BCUT2D eigenvalue weighted by Crippen LogP contribution is -2.44. The number of anilines is 1. The molecule has 2 aromatic carbocycles. The number of rotatable bonds is 8. The van der Waals surface area contributed by atoms with E-state index >= 15 is 0 Å². The second-order valence-electron chi connectivity index (χ2n) is 6.14. The van der Waals surface area contributed by atoms with Crippen molar-refractivity contribution in [2.24, 2.45) is 0 Å². The van der Waals surface area contributed by atoms with E-state index < -0.39 is 27.7 Å². The van der Waals surface area contributed by atoms with Crippen LogP contribution in [0.5, 0.6) is 5.75 Å². The normalized spacial score (nSPS) is 12.1. The number of amides is 2. The summed E-state index contributed by atoms with van der Waals surface area (Å²) in [6.45, 7) is 0. The van der Waals surface area contributed by atoms with Crippen molar-refractivity contribution in [1.29, 1.82) is 0 Å². The van der Waals surface area contributed by atoms with Gasteiger partial charge >= 0.3 is 0 Å². The van der Waals surface area contributed by atoms with Gasteiger partial charge in [0.15, 0.2) is 0 Å². The minimum atomic E-state index is -3.30. The second kappa shape index (κ2) is 9.70. The highest BCUT2D eigenvalue weighted by molar-refractivity contribution is 9.10. The van der Waals surface area contributed by atoms with Crippen LogP contribution < -0.4 is 15.4 Å². The summed E-state index contributed by atoms with van der Waals surface area (Å²) in [7, 11) is -1.77. The van der Waals surface area contributed by atoms with Crippen LogP contribution in [-0.4, -0.2) is 45.4 Å². The van der Waals surface area contributed by atoms with E-state index in [4.69, 9.17) is 4.74 Å². The molecule has 0 aliphatic rings. The molecule has 0 heterocycles. The van der Waals surface area contributed by atoms with Crippen LogP contribution in [0.1, 0.15) is 16.8 Å². The summed E-state index contributed by atoms with van der Waals surface area (Å²) in [4.78, 5) is 25.2. The number of hydrogen-bond donors (Lipinski definition) is 2. The maximum Gasteiger partial charge on any atom is 0.253 e. The molecule has 0 fully saturated rings. The van der Waals surface area contributed by atoms with Gasteiger partial charge in [0.05, 0.1) is 18.4 Å². The Morgan fingerprint density at radius 2 is 1.75 bits per heavy atom. The standard InChI is InChI=1S/C19H21BrN2O5S/c1-27-14-9-7-13(8-10-14)21-19(24)17(11-12-28(2,25)26)22-18(23)15-5-3-4-6-16(15)20/h3-10,17H,11-12H2,1-2H3,(H,21,24)(H,22,23)/t17-/m0/s1. The number of halogens is 1. The molecule has 0 aliphatic carbocycles. The molecule has 28 heavy (non-hydrogen) atoms. The molecule has 0 spiro atoms. The van der Waals surface area contributed by atoms with Gasteiger partial charge in [-0.15, -0.1) is 0 Å². The molecule has 0 saturated carbocycles. The molecule has 2 rings (SSSR count). The van der Waals surface area contributed by atoms with Crippen LogP contribution in [-0.2, 0) is 14.6 Å². The maximum atomic E-state index is 12.7. The lowest BCUT2D eigenvalue weighted by atomic mass is 10.1. The Hall–Kier alpha value is -2.39. The number of carbonyl (C=O) groups excluding carboxylic acids is 2. The largest absolute Gasteiger partial charge is 0.497 e. The highest BCUT2D eigenvalue weighted by atomic mass is 79.9. The maximum absolute atomic E-state index is 12.7. The Bertz CT molecular complexity index is 945. The van der Waals surface area contributed by atoms with Crippen LogP contribution in [0, 0.1) is 0 Å². The lowest BCUT2D eigenvalue weighted by Gasteiger charge is -2.19. The summed E-state index contributed by atoms with van der Waals surface area (Å²) in [5, 5.41) is 5.30. The molecule has 0 unspecified atom stereocenters. The van der Waals surface area contributed by atoms with Gasteiger partial charge in [0.25, 0.3) is 5.91 Å². The Kier molecular flexibility index (Phi) is 7.59. The minimum Gasteiger partial charge on any atom is -0.497 e. The van der Waals surface area contributed by atoms with Crippen LogP contribution in [0.2, 0.25) is 0 Å². The SMILES string of the molecule is COc1ccc(NC(=O)[C@H](CCS(C)(=O)=O)NC(=O)c2ccccc2Br)cc1. The highest BCUT2D eigenvalue weighted by Gasteiger charge is 2.24. The van der Waals surface area contributed by atoms with Crippen LogP contribution in [0.3, 0.4) is 0 Å². The molecule has 0 saturated heterocycles. The Morgan fingerprint density at radius 3 is 2.32 bits per heavy atom. The average molecular weight is 469 g/mol. The van der Waals surface area contributed by atoms with Gasteiger partial charge in [-0.25, -0.2) is 8.42 Å². The number of methoxy groups -OCH3 is 1. The first-order valence-electron chi connectivity index (χ1n) is 8.37. The van der Waals surface area contributed by atoms with Crippen LogP contribution >= 0.6 is 15.9 Å². The van der Waals surface area contributed by atoms with Gasteiger partial charge in [0, 0.05) is 16.4 Å². The summed E-state index contributed by atoms with van der Waals surface area (Å²) in [6.07, 6.45) is 1.04. The van der Waals surface area contributed by atoms with E-state index in [0.717, 1.165) is 6.26 Å². The van der Waals surface area contributed by atoms with Crippen LogP contribution in [0.25, 0.3) is 0 Å².